The SMILES string of the molecule is CNC(=O)C1(C)CCN(C(=O)N2CCOCC2)C1. The van der Waals surface area contributed by atoms with Gasteiger partial charge in [0.1, 0.15) is 0 Å². The van der Waals surface area contributed by atoms with Gasteiger partial charge in [0.25, 0.3) is 0 Å². The first-order chi connectivity index (χ1) is 8.57. The van der Waals surface area contributed by atoms with Crippen LogP contribution in [0, 0.1) is 5.41 Å². The molecule has 1 unspecified atom stereocenters. The average Bonchev–Trinajstić information content (AvgIpc) is 2.82. The zero-order valence-corrected chi connectivity index (χ0v) is 11.1. The molecule has 0 aromatic rings. The summed E-state index contributed by atoms with van der Waals surface area (Å²) in [6.45, 7) is 5.57. The molecule has 18 heavy (non-hydrogen) atoms. The highest BCUT2D eigenvalue weighted by atomic mass is 16.5. The summed E-state index contributed by atoms with van der Waals surface area (Å²) in [5, 5.41) is 2.68. The second-order valence-corrected chi connectivity index (χ2v) is 5.19. The van der Waals surface area contributed by atoms with Gasteiger partial charge < -0.3 is 19.9 Å². The number of rotatable bonds is 1. The Morgan fingerprint density at radius 2 is 1.83 bits per heavy atom. The van der Waals surface area contributed by atoms with Gasteiger partial charge in [0.15, 0.2) is 0 Å². The lowest BCUT2D eigenvalue weighted by molar-refractivity contribution is -0.128. The molecule has 2 aliphatic rings. The molecule has 6 heteroatoms. The highest BCUT2D eigenvalue weighted by Crippen LogP contribution is 2.30. The molecule has 1 atom stereocenters. The van der Waals surface area contributed by atoms with Crippen LogP contribution < -0.4 is 5.32 Å². The Bertz CT molecular complexity index is 341. The van der Waals surface area contributed by atoms with Gasteiger partial charge in [0.2, 0.25) is 5.91 Å². The minimum absolute atomic E-state index is 0.0137. The second kappa shape index (κ2) is 5.14. The van der Waals surface area contributed by atoms with E-state index >= 15 is 0 Å². The minimum atomic E-state index is -0.448. The maximum absolute atomic E-state index is 12.3. The number of carbonyl (C=O) groups excluding carboxylic acids is 2. The van der Waals surface area contributed by atoms with Gasteiger partial charge in [-0.05, 0) is 13.3 Å². The molecule has 2 aliphatic heterocycles. The van der Waals surface area contributed by atoms with Gasteiger partial charge in [0.05, 0.1) is 18.6 Å². The third kappa shape index (κ3) is 2.43. The van der Waals surface area contributed by atoms with Crippen LogP contribution in [-0.4, -0.2) is 68.2 Å². The van der Waals surface area contributed by atoms with Crippen molar-refractivity contribution in [1.82, 2.24) is 15.1 Å². The van der Waals surface area contributed by atoms with E-state index in [0.29, 0.717) is 39.4 Å². The van der Waals surface area contributed by atoms with Crippen LogP contribution in [0.5, 0.6) is 0 Å². The van der Waals surface area contributed by atoms with Crippen molar-refractivity contribution in [2.75, 3.05) is 46.4 Å². The average molecular weight is 255 g/mol. The number of nitrogens with zero attached hydrogens (tertiary/aromatic N) is 2. The highest BCUT2D eigenvalue weighted by molar-refractivity contribution is 5.84. The third-order valence-electron chi connectivity index (χ3n) is 3.80. The number of ether oxygens (including phenoxy) is 1. The van der Waals surface area contributed by atoms with Gasteiger partial charge in [-0.15, -0.1) is 0 Å². The van der Waals surface area contributed by atoms with Gasteiger partial charge in [-0.25, -0.2) is 4.79 Å². The van der Waals surface area contributed by atoms with Crippen molar-refractivity contribution >= 4 is 11.9 Å². The predicted octanol–water partition coefficient (Wildman–Crippen LogP) is -0.103. The Balaban J connectivity index is 1.95. The van der Waals surface area contributed by atoms with E-state index in [9.17, 15) is 9.59 Å². The molecule has 6 nitrogen and oxygen atoms in total. The van der Waals surface area contributed by atoms with E-state index in [-0.39, 0.29) is 11.9 Å². The Morgan fingerprint density at radius 3 is 2.44 bits per heavy atom. The summed E-state index contributed by atoms with van der Waals surface area (Å²) in [6.07, 6.45) is 0.725. The van der Waals surface area contributed by atoms with Gasteiger partial charge in [-0.2, -0.15) is 0 Å². The predicted molar refractivity (Wildman–Crippen MR) is 66.2 cm³/mol. The standard InChI is InChI=1S/C12H21N3O3/c1-12(10(16)13-2)3-4-15(9-12)11(17)14-5-7-18-8-6-14/h3-9H2,1-2H3,(H,13,16). The molecule has 102 valence electrons. The van der Waals surface area contributed by atoms with Crippen LogP contribution in [0.3, 0.4) is 0 Å². The summed E-state index contributed by atoms with van der Waals surface area (Å²) in [4.78, 5) is 27.6. The van der Waals surface area contributed by atoms with Crippen LogP contribution in [-0.2, 0) is 9.53 Å². The summed E-state index contributed by atoms with van der Waals surface area (Å²) >= 11 is 0. The Labute approximate surface area is 107 Å². The first kappa shape index (κ1) is 13.1. The van der Waals surface area contributed by atoms with Crippen molar-refractivity contribution in [3.63, 3.8) is 0 Å². The summed E-state index contributed by atoms with van der Waals surface area (Å²) < 4.78 is 5.23. The van der Waals surface area contributed by atoms with Gasteiger partial charge in [-0.3, -0.25) is 4.79 Å². The summed E-state index contributed by atoms with van der Waals surface area (Å²) in [7, 11) is 1.64. The molecular weight excluding hydrogens is 234 g/mol. The number of amides is 3. The number of likely N-dealkylation sites (tertiary alicyclic amines) is 1. The fraction of sp³-hybridized carbons (Fsp3) is 0.833. The fourth-order valence-electron chi connectivity index (χ4n) is 2.57. The van der Waals surface area contributed by atoms with Crippen LogP contribution in [0.4, 0.5) is 4.79 Å². The van der Waals surface area contributed by atoms with Crippen molar-refractivity contribution in [2.24, 2.45) is 5.41 Å². The number of carbonyl (C=O) groups is 2. The largest absolute Gasteiger partial charge is 0.378 e. The lowest BCUT2D eigenvalue weighted by Gasteiger charge is -2.31. The molecule has 2 saturated heterocycles. The Morgan fingerprint density at radius 1 is 1.17 bits per heavy atom. The normalized spacial score (nSPS) is 28.3. The zero-order valence-electron chi connectivity index (χ0n) is 11.1. The van der Waals surface area contributed by atoms with Crippen molar-refractivity contribution in [3.8, 4) is 0 Å². The smallest absolute Gasteiger partial charge is 0.320 e. The minimum Gasteiger partial charge on any atom is -0.378 e. The molecule has 1 N–H and O–H groups in total. The number of hydrogen-bond acceptors (Lipinski definition) is 3. The topological polar surface area (TPSA) is 61.9 Å². The van der Waals surface area contributed by atoms with Crippen LogP contribution in [0.15, 0.2) is 0 Å². The summed E-state index contributed by atoms with van der Waals surface area (Å²) in [5.41, 5.74) is -0.448. The zero-order chi connectivity index (χ0) is 13.2. The summed E-state index contributed by atoms with van der Waals surface area (Å²) in [5.74, 6) is 0.0137. The molecule has 0 spiro atoms. The highest BCUT2D eigenvalue weighted by Gasteiger charge is 2.42. The third-order valence-corrected chi connectivity index (χ3v) is 3.80. The molecule has 0 aromatic carbocycles. The van der Waals surface area contributed by atoms with Gasteiger partial charge in [0, 0.05) is 33.2 Å². The molecule has 0 aliphatic carbocycles. The van der Waals surface area contributed by atoms with E-state index in [1.165, 1.54) is 0 Å². The Kier molecular flexibility index (Phi) is 3.75. The van der Waals surface area contributed by atoms with Crippen molar-refractivity contribution in [2.45, 2.75) is 13.3 Å². The van der Waals surface area contributed by atoms with Crippen molar-refractivity contribution < 1.29 is 14.3 Å². The maximum Gasteiger partial charge on any atom is 0.320 e. The maximum atomic E-state index is 12.3. The van der Waals surface area contributed by atoms with Crippen LogP contribution in [0.1, 0.15) is 13.3 Å². The number of morpholine rings is 1. The fourth-order valence-corrected chi connectivity index (χ4v) is 2.57. The molecule has 0 radical (unpaired) electrons. The quantitative estimate of drug-likeness (QED) is 0.711. The first-order valence-corrected chi connectivity index (χ1v) is 6.40. The molecule has 2 fully saturated rings. The van der Waals surface area contributed by atoms with Crippen molar-refractivity contribution in [1.29, 1.82) is 0 Å². The van der Waals surface area contributed by atoms with E-state index in [1.807, 2.05) is 6.92 Å². The molecule has 2 rings (SSSR count). The number of hydrogen-bond donors (Lipinski definition) is 1. The van der Waals surface area contributed by atoms with E-state index < -0.39 is 5.41 Å². The lowest BCUT2D eigenvalue weighted by Crippen LogP contribution is -2.48. The van der Waals surface area contributed by atoms with Gasteiger partial charge >= 0.3 is 6.03 Å². The monoisotopic (exact) mass is 255 g/mol. The first-order valence-electron chi connectivity index (χ1n) is 6.40. The van der Waals surface area contributed by atoms with Gasteiger partial charge in [-0.1, -0.05) is 0 Å². The van der Waals surface area contributed by atoms with E-state index in [4.69, 9.17) is 4.74 Å². The molecule has 0 aromatic heterocycles. The molecule has 0 bridgehead atoms. The van der Waals surface area contributed by atoms with E-state index in [0.717, 1.165) is 6.42 Å². The van der Waals surface area contributed by atoms with Crippen LogP contribution in [0.25, 0.3) is 0 Å². The second-order valence-electron chi connectivity index (χ2n) is 5.19. The van der Waals surface area contributed by atoms with E-state index in [2.05, 4.69) is 5.32 Å². The number of urea groups is 1. The molecule has 2 heterocycles. The molecule has 3 amide bonds. The molecule has 0 saturated carbocycles. The van der Waals surface area contributed by atoms with Crippen LogP contribution in [0.2, 0.25) is 0 Å². The molecular formula is C12H21N3O3. The van der Waals surface area contributed by atoms with E-state index in [1.54, 1.807) is 16.8 Å². The number of nitrogens with one attached hydrogen (secondary N) is 1. The summed E-state index contributed by atoms with van der Waals surface area (Å²) in [6, 6.07) is 0.0333. The Hall–Kier alpha value is -1.30. The van der Waals surface area contributed by atoms with Crippen LogP contribution >= 0.6 is 0 Å². The van der Waals surface area contributed by atoms with Crippen molar-refractivity contribution in [3.05, 3.63) is 0 Å². The lowest BCUT2D eigenvalue weighted by atomic mass is 9.89.